The van der Waals surface area contributed by atoms with Crippen molar-refractivity contribution >= 4 is 17.5 Å². The predicted molar refractivity (Wildman–Crippen MR) is 114 cm³/mol. The standard InChI is InChI=1S/C23H19ClN4O/c1-27(23(29)18-6-5-13-25-14-18)15-19-16-28(21-7-3-2-4-8-21)26-22(19)17-9-11-20(24)12-10-17/h2-14,16H,15H2,1H3. The maximum absolute atomic E-state index is 12.8. The van der Waals surface area contributed by atoms with Crippen LogP contribution in [0.2, 0.25) is 5.02 Å². The van der Waals surface area contributed by atoms with Crippen molar-refractivity contribution in [1.29, 1.82) is 0 Å². The summed E-state index contributed by atoms with van der Waals surface area (Å²) in [6.07, 6.45) is 5.19. The van der Waals surface area contributed by atoms with Gasteiger partial charge in [-0.15, -0.1) is 0 Å². The molecule has 0 fully saturated rings. The van der Waals surface area contributed by atoms with Crippen molar-refractivity contribution in [2.75, 3.05) is 7.05 Å². The summed E-state index contributed by atoms with van der Waals surface area (Å²) >= 11 is 6.05. The molecule has 5 nitrogen and oxygen atoms in total. The molecule has 4 aromatic rings. The molecule has 0 aliphatic carbocycles. The highest BCUT2D eigenvalue weighted by Crippen LogP contribution is 2.26. The number of carbonyl (C=O) groups is 1. The van der Waals surface area contributed by atoms with E-state index in [-0.39, 0.29) is 5.91 Å². The van der Waals surface area contributed by atoms with Crippen LogP contribution >= 0.6 is 11.6 Å². The van der Waals surface area contributed by atoms with Crippen LogP contribution in [-0.4, -0.2) is 32.6 Å². The van der Waals surface area contributed by atoms with Gasteiger partial charge in [-0.3, -0.25) is 9.78 Å². The molecule has 0 bridgehead atoms. The fraction of sp³-hybridized carbons (Fsp3) is 0.0870. The van der Waals surface area contributed by atoms with Gasteiger partial charge in [0.1, 0.15) is 0 Å². The first-order chi connectivity index (χ1) is 14.1. The molecule has 0 aliphatic heterocycles. The lowest BCUT2D eigenvalue weighted by Crippen LogP contribution is -2.26. The van der Waals surface area contributed by atoms with Gasteiger partial charge in [-0.05, 0) is 36.4 Å². The van der Waals surface area contributed by atoms with Crippen LogP contribution in [0.1, 0.15) is 15.9 Å². The van der Waals surface area contributed by atoms with Crippen LogP contribution in [-0.2, 0) is 6.54 Å². The summed E-state index contributed by atoms with van der Waals surface area (Å²) < 4.78 is 1.83. The summed E-state index contributed by atoms with van der Waals surface area (Å²) in [4.78, 5) is 18.5. The molecule has 29 heavy (non-hydrogen) atoms. The van der Waals surface area contributed by atoms with Crippen molar-refractivity contribution in [2.45, 2.75) is 6.54 Å². The number of rotatable bonds is 5. The maximum atomic E-state index is 12.8. The zero-order valence-electron chi connectivity index (χ0n) is 15.9. The Labute approximate surface area is 174 Å². The zero-order valence-corrected chi connectivity index (χ0v) is 16.6. The molecule has 2 aromatic carbocycles. The summed E-state index contributed by atoms with van der Waals surface area (Å²) in [5, 5.41) is 5.46. The van der Waals surface area contributed by atoms with Crippen molar-refractivity contribution in [1.82, 2.24) is 19.7 Å². The Balaban J connectivity index is 1.70. The van der Waals surface area contributed by atoms with Gasteiger partial charge in [0.15, 0.2) is 0 Å². The molecule has 2 heterocycles. The van der Waals surface area contributed by atoms with Crippen molar-refractivity contribution in [3.63, 3.8) is 0 Å². The molecule has 0 saturated heterocycles. The molecule has 0 atom stereocenters. The molecule has 0 saturated carbocycles. The molecule has 0 aliphatic rings. The first kappa shape index (κ1) is 18.9. The van der Waals surface area contributed by atoms with Gasteiger partial charge in [-0.1, -0.05) is 41.9 Å². The van der Waals surface area contributed by atoms with Gasteiger partial charge in [0.25, 0.3) is 5.91 Å². The Kier molecular flexibility index (Phi) is 5.40. The Morgan fingerprint density at radius 3 is 2.48 bits per heavy atom. The molecule has 0 unspecified atom stereocenters. The van der Waals surface area contributed by atoms with Gasteiger partial charge in [0.2, 0.25) is 0 Å². The molecule has 0 radical (unpaired) electrons. The van der Waals surface area contributed by atoms with Crippen molar-refractivity contribution in [3.05, 3.63) is 101 Å². The van der Waals surface area contributed by atoms with E-state index in [1.165, 1.54) is 0 Å². The summed E-state index contributed by atoms with van der Waals surface area (Å²) in [6, 6.07) is 21.0. The van der Waals surface area contributed by atoms with Gasteiger partial charge in [0, 0.05) is 48.3 Å². The van der Waals surface area contributed by atoms with E-state index in [0.29, 0.717) is 17.1 Å². The van der Waals surface area contributed by atoms with Crippen LogP contribution < -0.4 is 0 Å². The Bertz CT molecular complexity index is 1110. The minimum Gasteiger partial charge on any atom is -0.337 e. The first-order valence-corrected chi connectivity index (χ1v) is 9.55. The smallest absolute Gasteiger partial charge is 0.255 e. The molecule has 2 aromatic heterocycles. The second-order valence-electron chi connectivity index (χ2n) is 6.69. The molecule has 6 heteroatoms. The lowest BCUT2D eigenvalue weighted by molar-refractivity contribution is 0.0785. The monoisotopic (exact) mass is 402 g/mol. The Hall–Kier alpha value is -3.44. The van der Waals surface area contributed by atoms with Crippen molar-refractivity contribution in [3.8, 4) is 16.9 Å². The molecule has 144 valence electrons. The van der Waals surface area contributed by atoms with E-state index in [9.17, 15) is 4.79 Å². The largest absolute Gasteiger partial charge is 0.337 e. The molecule has 0 spiro atoms. The third kappa shape index (κ3) is 4.20. The number of aromatic nitrogens is 3. The average molecular weight is 403 g/mol. The number of hydrogen-bond acceptors (Lipinski definition) is 3. The second kappa shape index (κ2) is 8.29. The summed E-state index contributed by atoms with van der Waals surface area (Å²) in [5.74, 6) is -0.0902. The number of halogens is 1. The fourth-order valence-electron chi connectivity index (χ4n) is 3.13. The minimum atomic E-state index is -0.0902. The summed E-state index contributed by atoms with van der Waals surface area (Å²) in [6.45, 7) is 0.415. The Morgan fingerprint density at radius 1 is 1.03 bits per heavy atom. The summed E-state index contributed by atoms with van der Waals surface area (Å²) in [5.41, 5.74) is 4.21. The van der Waals surface area contributed by atoms with Gasteiger partial charge in [-0.25, -0.2) is 4.68 Å². The van der Waals surface area contributed by atoms with Crippen LogP contribution in [0.5, 0.6) is 0 Å². The van der Waals surface area contributed by atoms with Crippen molar-refractivity contribution in [2.24, 2.45) is 0 Å². The number of hydrogen-bond donors (Lipinski definition) is 0. The first-order valence-electron chi connectivity index (χ1n) is 9.17. The number of carbonyl (C=O) groups excluding carboxylic acids is 1. The lowest BCUT2D eigenvalue weighted by Gasteiger charge is -2.17. The lowest BCUT2D eigenvalue weighted by atomic mass is 10.1. The van der Waals surface area contributed by atoms with Gasteiger partial charge < -0.3 is 4.90 Å². The van der Waals surface area contributed by atoms with E-state index in [2.05, 4.69) is 4.98 Å². The van der Waals surface area contributed by atoms with E-state index in [0.717, 1.165) is 22.5 Å². The molecular weight excluding hydrogens is 384 g/mol. The number of amides is 1. The topological polar surface area (TPSA) is 51.0 Å². The van der Waals surface area contributed by atoms with E-state index >= 15 is 0 Å². The highest BCUT2D eigenvalue weighted by atomic mass is 35.5. The van der Waals surface area contributed by atoms with Gasteiger partial charge in [-0.2, -0.15) is 5.10 Å². The highest BCUT2D eigenvalue weighted by Gasteiger charge is 2.18. The number of para-hydroxylation sites is 1. The maximum Gasteiger partial charge on any atom is 0.255 e. The third-order valence-corrected chi connectivity index (χ3v) is 4.84. The Morgan fingerprint density at radius 2 is 1.79 bits per heavy atom. The second-order valence-corrected chi connectivity index (χ2v) is 7.13. The average Bonchev–Trinajstić information content (AvgIpc) is 3.18. The quantitative estimate of drug-likeness (QED) is 0.479. The van der Waals surface area contributed by atoms with Gasteiger partial charge >= 0.3 is 0 Å². The molecular formula is C23H19ClN4O. The van der Waals surface area contributed by atoms with Crippen LogP contribution in [0.15, 0.2) is 85.3 Å². The molecule has 1 amide bonds. The number of benzene rings is 2. The third-order valence-electron chi connectivity index (χ3n) is 4.59. The number of nitrogens with zero attached hydrogens (tertiary/aromatic N) is 4. The minimum absolute atomic E-state index is 0.0902. The van der Waals surface area contributed by atoms with Crippen molar-refractivity contribution < 1.29 is 4.79 Å². The predicted octanol–water partition coefficient (Wildman–Crippen LogP) is 4.86. The number of pyridine rings is 1. The van der Waals surface area contributed by atoms with Crippen LogP contribution in [0, 0.1) is 0 Å². The van der Waals surface area contributed by atoms with E-state index < -0.39 is 0 Å². The SMILES string of the molecule is CN(Cc1cn(-c2ccccc2)nc1-c1ccc(Cl)cc1)C(=O)c1cccnc1. The molecule has 0 N–H and O–H groups in total. The summed E-state index contributed by atoms with van der Waals surface area (Å²) in [7, 11) is 1.78. The van der Waals surface area contributed by atoms with Crippen LogP contribution in [0.3, 0.4) is 0 Å². The zero-order chi connectivity index (χ0) is 20.2. The van der Waals surface area contributed by atoms with E-state index in [1.54, 1.807) is 36.5 Å². The van der Waals surface area contributed by atoms with Crippen LogP contribution in [0.4, 0.5) is 0 Å². The highest BCUT2D eigenvalue weighted by molar-refractivity contribution is 6.30. The fourth-order valence-corrected chi connectivity index (χ4v) is 3.25. The normalized spacial score (nSPS) is 10.7. The van der Waals surface area contributed by atoms with E-state index in [1.807, 2.05) is 65.5 Å². The van der Waals surface area contributed by atoms with Crippen LogP contribution in [0.25, 0.3) is 16.9 Å². The molecule has 4 rings (SSSR count). The van der Waals surface area contributed by atoms with E-state index in [4.69, 9.17) is 16.7 Å². The van der Waals surface area contributed by atoms with Gasteiger partial charge in [0.05, 0.1) is 16.9 Å².